The van der Waals surface area contributed by atoms with Gasteiger partial charge in [-0.3, -0.25) is 4.79 Å². The SMILES string of the molecule is CCSCC(C)NC(=O)c1cc2cc(N)ccc2[nH]1. The summed E-state index contributed by atoms with van der Waals surface area (Å²) in [5.74, 6) is 1.92. The lowest BCUT2D eigenvalue weighted by atomic mass is 10.2. The molecule has 0 saturated carbocycles. The summed E-state index contributed by atoms with van der Waals surface area (Å²) in [4.78, 5) is 15.2. The molecule has 1 amide bonds. The van der Waals surface area contributed by atoms with E-state index in [2.05, 4.69) is 17.2 Å². The van der Waals surface area contributed by atoms with Crippen molar-refractivity contribution in [3.8, 4) is 0 Å². The first-order valence-electron chi connectivity index (χ1n) is 6.37. The molecule has 5 heteroatoms. The van der Waals surface area contributed by atoms with Crippen LogP contribution in [0.5, 0.6) is 0 Å². The number of fused-ring (bicyclic) bond motifs is 1. The van der Waals surface area contributed by atoms with E-state index in [1.54, 1.807) is 0 Å². The van der Waals surface area contributed by atoms with E-state index in [1.165, 1.54) is 0 Å². The van der Waals surface area contributed by atoms with Gasteiger partial charge in [-0.2, -0.15) is 11.8 Å². The van der Waals surface area contributed by atoms with Crippen molar-refractivity contribution >= 4 is 34.3 Å². The lowest BCUT2D eigenvalue weighted by Crippen LogP contribution is -2.34. The maximum atomic E-state index is 12.1. The molecular weight excluding hydrogens is 258 g/mol. The molecule has 4 nitrogen and oxygen atoms in total. The van der Waals surface area contributed by atoms with Gasteiger partial charge >= 0.3 is 0 Å². The van der Waals surface area contributed by atoms with Gasteiger partial charge in [0, 0.05) is 28.4 Å². The molecule has 1 aromatic heterocycles. The van der Waals surface area contributed by atoms with E-state index >= 15 is 0 Å². The summed E-state index contributed by atoms with van der Waals surface area (Å²) in [6.07, 6.45) is 0. The van der Waals surface area contributed by atoms with Crippen molar-refractivity contribution in [2.75, 3.05) is 17.2 Å². The predicted octanol–water partition coefficient (Wildman–Crippen LogP) is 2.62. The minimum Gasteiger partial charge on any atom is -0.399 e. The highest BCUT2D eigenvalue weighted by molar-refractivity contribution is 7.99. The molecular formula is C14H19N3OS. The number of carbonyl (C=O) groups excluding carboxylic acids is 1. The highest BCUT2D eigenvalue weighted by atomic mass is 32.2. The van der Waals surface area contributed by atoms with Gasteiger partial charge in [0.25, 0.3) is 5.91 Å². The molecule has 1 unspecified atom stereocenters. The molecule has 19 heavy (non-hydrogen) atoms. The second kappa shape index (κ2) is 6.02. The second-order valence-corrected chi connectivity index (χ2v) is 5.88. The normalized spacial score (nSPS) is 12.5. The molecule has 2 aromatic rings. The van der Waals surface area contributed by atoms with E-state index in [9.17, 15) is 4.79 Å². The summed E-state index contributed by atoms with van der Waals surface area (Å²) >= 11 is 1.82. The minimum absolute atomic E-state index is 0.0704. The minimum atomic E-state index is -0.0704. The van der Waals surface area contributed by atoms with E-state index in [0.29, 0.717) is 11.4 Å². The fourth-order valence-electron chi connectivity index (χ4n) is 1.91. The number of hydrogen-bond acceptors (Lipinski definition) is 3. The third-order valence-corrected chi connectivity index (χ3v) is 3.98. The lowest BCUT2D eigenvalue weighted by Gasteiger charge is -2.11. The van der Waals surface area contributed by atoms with Crippen LogP contribution in [0.15, 0.2) is 24.3 Å². The molecule has 0 spiro atoms. The lowest BCUT2D eigenvalue weighted by molar-refractivity contribution is 0.0939. The number of carbonyl (C=O) groups is 1. The first-order chi connectivity index (χ1) is 9.10. The summed E-state index contributed by atoms with van der Waals surface area (Å²) in [6.45, 7) is 4.13. The topological polar surface area (TPSA) is 70.9 Å². The number of aromatic nitrogens is 1. The molecule has 4 N–H and O–H groups in total. The number of benzene rings is 1. The first-order valence-corrected chi connectivity index (χ1v) is 7.52. The fraction of sp³-hybridized carbons (Fsp3) is 0.357. The van der Waals surface area contributed by atoms with E-state index in [0.717, 1.165) is 22.4 Å². The summed E-state index contributed by atoms with van der Waals surface area (Å²) in [5.41, 5.74) is 7.93. The van der Waals surface area contributed by atoms with Gasteiger partial charge in [-0.05, 0) is 36.9 Å². The van der Waals surface area contributed by atoms with Crippen molar-refractivity contribution in [2.45, 2.75) is 19.9 Å². The number of amides is 1. The van der Waals surface area contributed by atoms with E-state index in [1.807, 2.05) is 43.0 Å². The summed E-state index contributed by atoms with van der Waals surface area (Å²) in [7, 11) is 0. The number of nitrogens with two attached hydrogens (primary N) is 1. The Balaban J connectivity index is 2.08. The van der Waals surface area contributed by atoms with Crippen LogP contribution < -0.4 is 11.1 Å². The van der Waals surface area contributed by atoms with Crippen LogP contribution in [-0.4, -0.2) is 28.4 Å². The molecule has 102 valence electrons. The molecule has 0 radical (unpaired) electrons. The van der Waals surface area contributed by atoms with Gasteiger partial charge in [-0.15, -0.1) is 0 Å². The molecule has 0 aliphatic rings. The number of rotatable bonds is 5. The van der Waals surface area contributed by atoms with Crippen molar-refractivity contribution in [1.82, 2.24) is 10.3 Å². The average molecular weight is 277 g/mol. The van der Waals surface area contributed by atoms with Crippen molar-refractivity contribution in [2.24, 2.45) is 0 Å². The highest BCUT2D eigenvalue weighted by Crippen LogP contribution is 2.18. The van der Waals surface area contributed by atoms with Gasteiger partial charge in [0.05, 0.1) is 0 Å². The van der Waals surface area contributed by atoms with Gasteiger partial charge in [0.1, 0.15) is 5.69 Å². The monoisotopic (exact) mass is 277 g/mol. The maximum absolute atomic E-state index is 12.1. The number of aromatic amines is 1. The van der Waals surface area contributed by atoms with E-state index < -0.39 is 0 Å². The van der Waals surface area contributed by atoms with Crippen molar-refractivity contribution in [3.63, 3.8) is 0 Å². The van der Waals surface area contributed by atoms with Crippen molar-refractivity contribution < 1.29 is 4.79 Å². The third-order valence-electron chi connectivity index (χ3n) is 2.84. The Kier molecular flexibility index (Phi) is 4.37. The number of nitrogen functional groups attached to an aromatic ring is 1. The van der Waals surface area contributed by atoms with Gasteiger partial charge < -0.3 is 16.0 Å². The molecule has 2 rings (SSSR count). The van der Waals surface area contributed by atoms with Crippen molar-refractivity contribution in [1.29, 1.82) is 0 Å². The van der Waals surface area contributed by atoms with E-state index in [4.69, 9.17) is 5.73 Å². The highest BCUT2D eigenvalue weighted by Gasteiger charge is 2.12. The fourth-order valence-corrected chi connectivity index (χ4v) is 2.58. The summed E-state index contributed by atoms with van der Waals surface area (Å²) < 4.78 is 0. The predicted molar refractivity (Wildman–Crippen MR) is 82.6 cm³/mol. The number of nitrogens with one attached hydrogen (secondary N) is 2. The second-order valence-electron chi connectivity index (χ2n) is 4.56. The van der Waals surface area contributed by atoms with Crippen molar-refractivity contribution in [3.05, 3.63) is 30.0 Å². The zero-order valence-corrected chi connectivity index (χ0v) is 12.0. The molecule has 1 heterocycles. The Labute approximate surface area is 117 Å². The Bertz CT molecular complexity index is 579. The Morgan fingerprint density at radius 2 is 2.26 bits per heavy atom. The Morgan fingerprint density at radius 1 is 1.47 bits per heavy atom. The molecule has 1 aromatic carbocycles. The third kappa shape index (κ3) is 3.44. The standard InChI is InChI=1S/C14H19N3OS/c1-3-19-8-9(2)16-14(18)13-7-10-6-11(15)4-5-12(10)17-13/h4-7,9,17H,3,8,15H2,1-2H3,(H,16,18). The van der Waals surface area contributed by atoms with Crippen LogP contribution in [0.25, 0.3) is 10.9 Å². The van der Waals surface area contributed by atoms with Crippen LogP contribution in [0, 0.1) is 0 Å². The number of anilines is 1. The van der Waals surface area contributed by atoms with Crippen LogP contribution in [0.4, 0.5) is 5.69 Å². The quantitative estimate of drug-likeness (QED) is 0.736. The van der Waals surface area contributed by atoms with Gasteiger partial charge in [-0.1, -0.05) is 6.92 Å². The van der Waals surface area contributed by atoms with Crippen LogP contribution in [0.3, 0.4) is 0 Å². The smallest absolute Gasteiger partial charge is 0.267 e. The number of H-pyrrole nitrogens is 1. The zero-order valence-electron chi connectivity index (χ0n) is 11.2. The van der Waals surface area contributed by atoms with Gasteiger partial charge in [-0.25, -0.2) is 0 Å². The number of thioether (sulfide) groups is 1. The summed E-state index contributed by atoms with van der Waals surface area (Å²) in [5, 5.41) is 3.94. The van der Waals surface area contributed by atoms with E-state index in [-0.39, 0.29) is 11.9 Å². The molecule has 0 bridgehead atoms. The molecule has 0 aliphatic heterocycles. The largest absolute Gasteiger partial charge is 0.399 e. The van der Waals surface area contributed by atoms with Crippen LogP contribution >= 0.6 is 11.8 Å². The van der Waals surface area contributed by atoms with Gasteiger partial charge in [0.15, 0.2) is 0 Å². The Hall–Kier alpha value is -1.62. The first kappa shape index (κ1) is 13.8. The summed E-state index contributed by atoms with van der Waals surface area (Å²) in [6, 6.07) is 7.56. The average Bonchev–Trinajstić information content (AvgIpc) is 2.79. The maximum Gasteiger partial charge on any atom is 0.267 e. The molecule has 1 atom stereocenters. The molecule has 0 fully saturated rings. The number of hydrogen-bond donors (Lipinski definition) is 3. The zero-order chi connectivity index (χ0) is 13.8. The molecule has 0 aliphatic carbocycles. The van der Waals surface area contributed by atoms with Crippen LogP contribution in [-0.2, 0) is 0 Å². The van der Waals surface area contributed by atoms with Crippen LogP contribution in [0.1, 0.15) is 24.3 Å². The van der Waals surface area contributed by atoms with Crippen LogP contribution in [0.2, 0.25) is 0 Å². The molecule has 0 saturated heterocycles. The Morgan fingerprint density at radius 3 is 3.00 bits per heavy atom. The van der Waals surface area contributed by atoms with Gasteiger partial charge in [0.2, 0.25) is 0 Å².